The first kappa shape index (κ1) is 22.9. The van der Waals surface area contributed by atoms with Gasteiger partial charge in [0.15, 0.2) is 0 Å². The van der Waals surface area contributed by atoms with Gasteiger partial charge in [-0.2, -0.15) is 0 Å². The molecule has 1 aliphatic heterocycles. The molecule has 2 N–H and O–H groups in total. The van der Waals surface area contributed by atoms with Crippen LogP contribution in [0.4, 0.5) is 4.79 Å². The third-order valence-corrected chi connectivity index (χ3v) is 6.24. The lowest BCUT2D eigenvalue weighted by Gasteiger charge is -2.17. The van der Waals surface area contributed by atoms with E-state index in [1.807, 2.05) is 54.3 Å². The third-order valence-electron chi connectivity index (χ3n) is 5.98. The standard InChI is InChI=1S/C27H28ClN3O2/c1-19(21-12-14-24(28)15-13-21)30-27(33)29-17-23-5-2-3-6-25(23)22-10-8-20(9-11-22)18-31-16-4-7-26(31)32/h2-3,5-6,8-15,19H,4,7,16-18H2,1H3,(H2,29,30,33)/t19-/m0/s1. The molecule has 1 heterocycles. The average molecular weight is 462 g/mol. The van der Waals surface area contributed by atoms with Crippen LogP contribution in [-0.2, 0) is 17.9 Å². The largest absolute Gasteiger partial charge is 0.338 e. The van der Waals surface area contributed by atoms with Gasteiger partial charge in [-0.05, 0) is 53.3 Å². The minimum Gasteiger partial charge on any atom is -0.338 e. The number of nitrogens with zero attached hydrogens (tertiary/aromatic N) is 1. The van der Waals surface area contributed by atoms with Crippen molar-refractivity contribution in [2.75, 3.05) is 6.54 Å². The molecule has 6 heteroatoms. The molecule has 0 radical (unpaired) electrons. The van der Waals surface area contributed by atoms with Crippen molar-refractivity contribution in [1.82, 2.24) is 15.5 Å². The molecule has 3 aromatic carbocycles. The summed E-state index contributed by atoms with van der Waals surface area (Å²) in [5.74, 6) is 0.235. The summed E-state index contributed by atoms with van der Waals surface area (Å²) < 4.78 is 0. The summed E-state index contributed by atoms with van der Waals surface area (Å²) in [6, 6.07) is 23.5. The molecule has 3 aromatic rings. The Hall–Kier alpha value is -3.31. The summed E-state index contributed by atoms with van der Waals surface area (Å²) in [5, 5.41) is 6.60. The van der Waals surface area contributed by atoms with Crippen LogP contribution in [0.1, 0.15) is 42.5 Å². The molecule has 5 nitrogen and oxygen atoms in total. The van der Waals surface area contributed by atoms with E-state index >= 15 is 0 Å². The smallest absolute Gasteiger partial charge is 0.315 e. The van der Waals surface area contributed by atoms with Crippen molar-refractivity contribution < 1.29 is 9.59 Å². The zero-order chi connectivity index (χ0) is 23.2. The van der Waals surface area contributed by atoms with Gasteiger partial charge in [0.05, 0.1) is 6.04 Å². The van der Waals surface area contributed by atoms with Crippen molar-refractivity contribution in [1.29, 1.82) is 0 Å². The molecule has 170 valence electrons. The maximum absolute atomic E-state index is 12.5. The Labute approximate surface area is 199 Å². The van der Waals surface area contributed by atoms with E-state index in [0.29, 0.717) is 24.5 Å². The van der Waals surface area contributed by atoms with E-state index in [4.69, 9.17) is 11.6 Å². The van der Waals surface area contributed by atoms with Crippen molar-refractivity contribution in [2.24, 2.45) is 0 Å². The van der Waals surface area contributed by atoms with E-state index in [-0.39, 0.29) is 18.0 Å². The second kappa shape index (κ2) is 10.5. The highest BCUT2D eigenvalue weighted by atomic mass is 35.5. The maximum Gasteiger partial charge on any atom is 0.315 e. The lowest BCUT2D eigenvalue weighted by Crippen LogP contribution is -2.36. The van der Waals surface area contributed by atoms with Crippen LogP contribution in [0.15, 0.2) is 72.8 Å². The Morgan fingerprint density at radius 1 is 1.03 bits per heavy atom. The highest BCUT2D eigenvalue weighted by molar-refractivity contribution is 6.30. The third kappa shape index (κ3) is 5.93. The number of hydrogen-bond donors (Lipinski definition) is 2. The summed E-state index contributed by atoms with van der Waals surface area (Å²) in [7, 11) is 0. The predicted molar refractivity (Wildman–Crippen MR) is 132 cm³/mol. The number of likely N-dealkylation sites (tertiary alicyclic amines) is 1. The van der Waals surface area contributed by atoms with Gasteiger partial charge in [0, 0.05) is 31.1 Å². The van der Waals surface area contributed by atoms with Gasteiger partial charge in [0.25, 0.3) is 0 Å². The zero-order valence-electron chi connectivity index (χ0n) is 18.7. The number of carbonyl (C=O) groups is 2. The first-order valence-corrected chi connectivity index (χ1v) is 11.6. The molecule has 0 aliphatic carbocycles. The lowest BCUT2D eigenvalue weighted by molar-refractivity contribution is -0.128. The van der Waals surface area contributed by atoms with E-state index in [9.17, 15) is 9.59 Å². The van der Waals surface area contributed by atoms with Crippen LogP contribution in [0.3, 0.4) is 0 Å². The molecule has 1 fully saturated rings. The van der Waals surface area contributed by atoms with E-state index < -0.39 is 0 Å². The van der Waals surface area contributed by atoms with Gasteiger partial charge in [0.2, 0.25) is 5.91 Å². The van der Waals surface area contributed by atoms with E-state index in [1.165, 1.54) is 0 Å². The normalized spacial score (nSPS) is 14.2. The Bertz CT molecular complexity index is 1110. The van der Waals surface area contributed by atoms with E-state index in [2.05, 4.69) is 41.0 Å². The molecule has 0 spiro atoms. The summed E-state index contributed by atoms with van der Waals surface area (Å²) in [6.07, 6.45) is 1.61. The minimum absolute atomic E-state index is 0.132. The van der Waals surface area contributed by atoms with Crippen molar-refractivity contribution in [3.63, 3.8) is 0 Å². The Balaban J connectivity index is 1.37. The zero-order valence-corrected chi connectivity index (χ0v) is 19.4. The van der Waals surface area contributed by atoms with Gasteiger partial charge in [-0.3, -0.25) is 4.79 Å². The van der Waals surface area contributed by atoms with Gasteiger partial charge < -0.3 is 15.5 Å². The molecule has 0 saturated carbocycles. The molecule has 4 rings (SSSR count). The summed E-state index contributed by atoms with van der Waals surface area (Å²) in [4.78, 5) is 26.3. The van der Waals surface area contributed by atoms with Crippen LogP contribution < -0.4 is 10.6 Å². The molecule has 33 heavy (non-hydrogen) atoms. The van der Waals surface area contributed by atoms with Crippen molar-refractivity contribution >= 4 is 23.5 Å². The van der Waals surface area contributed by atoms with Crippen LogP contribution in [0.25, 0.3) is 11.1 Å². The van der Waals surface area contributed by atoms with Gasteiger partial charge in [0.1, 0.15) is 0 Å². The average Bonchev–Trinajstić information content (AvgIpc) is 3.23. The van der Waals surface area contributed by atoms with Crippen LogP contribution in [-0.4, -0.2) is 23.4 Å². The van der Waals surface area contributed by atoms with Crippen LogP contribution in [0.5, 0.6) is 0 Å². The lowest BCUT2D eigenvalue weighted by atomic mass is 9.98. The number of amides is 3. The molecule has 0 bridgehead atoms. The summed E-state index contributed by atoms with van der Waals surface area (Å²) in [5.41, 5.74) is 5.31. The maximum atomic E-state index is 12.5. The second-order valence-corrected chi connectivity index (χ2v) is 8.81. The SMILES string of the molecule is C[C@H](NC(=O)NCc1ccccc1-c1ccc(CN2CCCC2=O)cc1)c1ccc(Cl)cc1. The van der Waals surface area contributed by atoms with Gasteiger partial charge in [-0.15, -0.1) is 0 Å². The van der Waals surface area contributed by atoms with Crippen molar-refractivity contribution in [3.05, 3.63) is 94.5 Å². The fourth-order valence-electron chi connectivity index (χ4n) is 4.10. The molecule has 1 atom stereocenters. The number of hydrogen-bond acceptors (Lipinski definition) is 2. The number of carbonyl (C=O) groups excluding carboxylic acids is 2. The molecule has 1 aliphatic rings. The summed E-state index contributed by atoms with van der Waals surface area (Å²) in [6.45, 7) is 3.86. The van der Waals surface area contributed by atoms with Crippen molar-refractivity contribution in [2.45, 2.75) is 38.9 Å². The van der Waals surface area contributed by atoms with E-state index in [0.717, 1.165) is 40.8 Å². The fourth-order valence-corrected chi connectivity index (χ4v) is 4.22. The number of nitrogens with one attached hydrogen (secondary N) is 2. The molecule has 1 saturated heterocycles. The van der Waals surface area contributed by atoms with Gasteiger partial charge in [-0.25, -0.2) is 4.79 Å². The molecular weight excluding hydrogens is 434 g/mol. The number of rotatable bonds is 7. The molecular formula is C27H28ClN3O2. The highest BCUT2D eigenvalue weighted by Gasteiger charge is 2.20. The van der Waals surface area contributed by atoms with Crippen LogP contribution in [0.2, 0.25) is 5.02 Å². The molecule has 0 unspecified atom stereocenters. The highest BCUT2D eigenvalue weighted by Crippen LogP contribution is 2.25. The number of benzene rings is 3. The van der Waals surface area contributed by atoms with Gasteiger partial charge in [-0.1, -0.05) is 72.3 Å². The topological polar surface area (TPSA) is 61.4 Å². The minimum atomic E-state index is -0.224. The van der Waals surface area contributed by atoms with Gasteiger partial charge >= 0.3 is 6.03 Å². The quantitative estimate of drug-likeness (QED) is 0.474. The van der Waals surface area contributed by atoms with Crippen LogP contribution >= 0.6 is 11.6 Å². The number of halogens is 1. The van der Waals surface area contributed by atoms with Crippen molar-refractivity contribution in [3.8, 4) is 11.1 Å². The Morgan fingerprint density at radius 2 is 1.76 bits per heavy atom. The molecule has 0 aromatic heterocycles. The summed E-state index contributed by atoms with van der Waals surface area (Å²) >= 11 is 5.94. The second-order valence-electron chi connectivity index (χ2n) is 8.37. The predicted octanol–water partition coefficient (Wildman–Crippen LogP) is 5.69. The number of urea groups is 1. The first-order valence-electron chi connectivity index (χ1n) is 11.2. The first-order chi connectivity index (χ1) is 16.0. The Morgan fingerprint density at radius 3 is 2.45 bits per heavy atom. The molecule has 3 amide bonds. The monoisotopic (exact) mass is 461 g/mol. The Kier molecular flexibility index (Phi) is 7.30. The van der Waals surface area contributed by atoms with E-state index in [1.54, 1.807) is 0 Å². The fraction of sp³-hybridized carbons (Fsp3) is 0.259. The van der Waals surface area contributed by atoms with Crippen LogP contribution in [0, 0.1) is 0 Å².